The lowest BCUT2D eigenvalue weighted by Gasteiger charge is -2.22. The van der Waals surface area contributed by atoms with Gasteiger partial charge in [-0.1, -0.05) is 36.4 Å². The SMILES string of the molecule is COc1cc(C2C=NN(C)C(=O)C2)ccc1OCc1ccccc1. The molecule has 1 unspecified atom stereocenters. The van der Waals surface area contributed by atoms with Gasteiger partial charge in [0.05, 0.1) is 7.11 Å². The zero-order valence-electron chi connectivity index (χ0n) is 13.8. The average Bonchev–Trinajstić information content (AvgIpc) is 2.63. The Bertz CT molecular complexity index is 744. The van der Waals surface area contributed by atoms with Crippen LogP contribution in [0.2, 0.25) is 0 Å². The molecule has 0 bridgehead atoms. The number of carbonyl (C=O) groups excluding carboxylic acids is 1. The minimum absolute atomic E-state index is 0.00544. The third kappa shape index (κ3) is 3.56. The zero-order chi connectivity index (χ0) is 16.9. The number of hydrogen-bond donors (Lipinski definition) is 0. The summed E-state index contributed by atoms with van der Waals surface area (Å²) in [5.74, 6) is 1.31. The van der Waals surface area contributed by atoms with Gasteiger partial charge in [-0.3, -0.25) is 4.79 Å². The average molecular weight is 324 g/mol. The quantitative estimate of drug-likeness (QED) is 0.848. The molecule has 2 aromatic rings. The fraction of sp³-hybridized carbons (Fsp3) is 0.263. The number of rotatable bonds is 5. The first kappa shape index (κ1) is 16.1. The number of benzene rings is 2. The summed E-state index contributed by atoms with van der Waals surface area (Å²) >= 11 is 0. The summed E-state index contributed by atoms with van der Waals surface area (Å²) in [5, 5.41) is 5.48. The lowest BCUT2D eigenvalue weighted by molar-refractivity contribution is -0.130. The summed E-state index contributed by atoms with van der Waals surface area (Å²) in [7, 11) is 3.28. The molecule has 24 heavy (non-hydrogen) atoms. The topological polar surface area (TPSA) is 51.1 Å². The summed E-state index contributed by atoms with van der Waals surface area (Å²) in [5.41, 5.74) is 2.08. The Morgan fingerprint density at radius 3 is 2.67 bits per heavy atom. The van der Waals surface area contributed by atoms with Crippen LogP contribution in [-0.4, -0.2) is 31.3 Å². The molecule has 3 rings (SSSR count). The number of amides is 1. The highest BCUT2D eigenvalue weighted by Gasteiger charge is 2.22. The molecule has 0 saturated heterocycles. The van der Waals surface area contributed by atoms with E-state index >= 15 is 0 Å². The number of hydrogen-bond acceptors (Lipinski definition) is 4. The van der Waals surface area contributed by atoms with Crippen molar-refractivity contribution in [1.82, 2.24) is 5.01 Å². The Hall–Kier alpha value is -2.82. The molecule has 1 aliphatic heterocycles. The van der Waals surface area contributed by atoms with E-state index in [4.69, 9.17) is 9.47 Å². The second-order valence-corrected chi connectivity index (χ2v) is 5.68. The molecule has 0 saturated carbocycles. The summed E-state index contributed by atoms with van der Waals surface area (Å²) in [4.78, 5) is 11.8. The van der Waals surface area contributed by atoms with E-state index < -0.39 is 0 Å². The van der Waals surface area contributed by atoms with Crippen molar-refractivity contribution in [2.45, 2.75) is 18.9 Å². The van der Waals surface area contributed by atoms with E-state index in [1.807, 2.05) is 48.5 Å². The van der Waals surface area contributed by atoms with Gasteiger partial charge in [-0.15, -0.1) is 0 Å². The summed E-state index contributed by atoms with van der Waals surface area (Å²) in [6, 6.07) is 15.7. The molecule has 0 aliphatic carbocycles. The first-order chi connectivity index (χ1) is 11.7. The summed E-state index contributed by atoms with van der Waals surface area (Å²) in [6.45, 7) is 0.477. The first-order valence-electron chi connectivity index (χ1n) is 7.82. The Labute approximate surface area is 141 Å². The lowest BCUT2D eigenvalue weighted by atomic mass is 9.95. The third-order valence-electron chi connectivity index (χ3n) is 4.03. The Balaban J connectivity index is 1.76. The van der Waals surface area contributed by atoms with Crippen molar-refractivity contribution in [2.75, 3.05) is 14.2 Å². The largest absolute Gasteiger partial charge is 0.493 e. The molecule has 0 fully saturated rings. The minimum atomic E-state index is -0.0363. The maximum absolute atomic E-state index is 11.8. The Morgan fingerprint density at radius 2 is 1.96 bits per heavy atom. The fourth-order valence-corrected chi connectivity index (χ4v) is 2.59. The maximum atomic E-state index is 11.8. The number of nitrogens with zero attached hydrogens (tertiary/aromatic N) is 2. The summed E-state index contributed by atoms with van der Waals surface area (Å²) in [6.07, 6.45) is 2.20. The van der Waals surface area contributed by atoms with Crippen LogP contribution in [0.4, 0.5) is 0 Å². The third-order valence-corrected chi connectivity index (χ3v) is 4.03. The summed E-state index contributed by atoms with van der Waals surface area (Å²) < 4.78 is 11.3. The molecule has 2 aromatic carbocycles. The molecular weight excluding hydrogens is 304 g/mol. The van der Waals surface area contributed by atoms with Crippen LogP contribution in [0.15, 0.2) is 53.6 Å². The van der Waals surface area contributed by atoms with E-state index in [1.54, 1.807) is 20.4 Å². The van der Waals surface area contributed by atoms with Gasteiger partial charge in [0, 0.05) is 25.6 Å². The van der Waals surface area contributed by atoms with Crippen molar-refractivity contribution in [1.29, 1.82) is 0 Å². The van der Waals surface area contributed by atoms with Crippen molar-refractivity contribution >= 4 is 12.1 Å². The van der Waals surface area contributed by atoms with E-state index in [0.717, 1.165) is 11.1 Å². The van der Waals surface area contributed by atoms with E-state index in [0.29, 0.717) is 24.5 Å². The molecule has 1 atom stereocenters. The van der Waals surface area contributed by atoms with E-state index in [1.165, 1.54) is 5.01 Å². The Kier molecular flexibility index (Phi) is 4.79. The molecule has 1 amide bonds. The van der Waals surface area contributed by atoms with Crippen molar-refractivity contribution in [3.63, 3.8) is 0 Å². The Morgan fingerprint density at radius 1 is 1.17 bits per heavy atom. The number of hydrazone groups is 1. The molecule has 5 nitrogen and oxygen atoms in total. The molecule has 124 valence electrons. The van der Waals surface area contributed by atoms with Crippen LogP contribution in [0, 0.1) is 0 Å². The maximum Gasteiger partial charge on any atom is 0.243 e. The van der Waals surface area contributed by atoms with Crippen LogP contribution in [0.5, 0.6) is 11.5 Å². The van der Waals surface area contributed by atoms with Gasteiger partial charge in [-0.2, -0.15) is 5.10 Å². The lowest BCUT2D eigenvalue weighted by Crippen LogP contribution is -2.28. The molecule has 0 aromatic heterocycles. The second-order valence-electron chi connectivity index (χ2n) is 5.68. The van der Waals surface area contributed by atoms with E-state index in [2.05, 4.69) is 5.10 Å². The van der Waals surface area contributed by atoms with Crippen LogP contribution in [0.1, 0.15) is 23.5 Å². The van der Waals surface area contributed by atoms with Crippen LogP contribution in [0.25, 0.3) is 0 Å². The molecule has 0 spiro atoms. The molecule has 0 radical (unpaired) electrons. The smallest absolute Gasteiger partial charge is 0.243 e. The predicted molar refractivity (Wildman–Crippen MR) is 92.4 cm³/mol. The van der Waals surface area contributed by atoms with Crippen LogP contribution < -0.4 is 9.47 Å². The highest BCUT2D eigenvalue weighted by Crippen LogP contribution is 2.33. The van der Waals surface area contributed by atoms with Gasteiger partial charge in [-0.25, -0.2) is 5.01 Å². The van der Waals surface area contributed by atoms with Crippen LogP contribution in [-0.2, 0) is 11.4 Å². The van der Waals surface area contributed by atoms with Crippen molar-refractivity contribution in [3.05, 3.63) is 59.7 Å². The van der Waals surface area contributed by atoms with E-state index in [-0.39, 0.29) is 11.8 Å². The van der Waals surface area contributed by atoms with E-state index in [9.17, 15) is 4.79 Å². The van der Waals surface area contributed by atoms with Gasteiger partial charge in [0.15, 0.2) is 11.5 Å². The molecule has 1 aliphatic rings. The first-order valence-corrected chi connectivity index (χ1v) is 7.82. The standard InChI is InChI=1S/C19H20N2O3/c1-21-19(22)11-16(12-20-21)15-8-9-17(18(10-15)23-2)24-13-14-6-4-3-5-7-14/h3-10,12,16H,11,13H2,1-2H3. The highest BCUT2D eigenvalue weighted by molar-refractivity contribution is 5.86. The van der Waals surface area contributed by atoms with Crippen LogP contribution >= 0.6 is 0 Å². The number of ether oxygens (including phenoxy) is 2. The molecular formula is C19H20N2O3. The number of methoxy groups -OCH3 is 1. The van der Waals surface area contributed by atoms with Crippen LogP contribution in [0.3, 0.4) is 0 Å². The van der Waals surface area contributed by atoms with Gasteiger partial charge in [0.2, 0.25) is 5.91 Å². The van der Waals surface area contributed by atoms with Gasteiger partial charge < -0.3 is 9.47 Å². The molecule has 1 heterocycles. The minimum Gasteiger partial charge on any atom is -0.493 e. The second kappa shape index (κ2) is 7.17. The van der Waals surface area contributed by atoms with Crippen molar-refractivity contribution in [2.24, 2.45) is 5.10 Å². The monoisotopic (exact) mass is 324 g/mol. The number of carbonyl (C=O) groups is 1. The highest BCUT2D eigenvalue weighted by atomic mass is 16.5. The molecule has 0 N–H and O–H groups in total. The zero-order valence-corrected chi connectivity index (χ0v) is 13.8. The molecule has 5 heteroatoms. The van der Waals surface area contributed by atoms with Crippen molar-refractivity contribution < 1.29 is 14.3 Å². The predicted octanol–water partition coefficient (Wildman–Crippen LogP) is 3.21. The fourth-order valence-electron chi connectivity index (χ4n) is 2.59. The van der Waals surface area contributed by atoms with Gasteiger partial charge in [0.1, 0.15) is 6.61 Å². The van der Waals surface area contributed by atoms with Crippen molar-refractivity contribution in [3.8, 4) is 11.5 Å². The van der Waals surface area contributed by atoms with Gasteiger partial charge in [-0.05, 0) is 23.3 Å². The van der Waals surface area contributed by atoms with Gasteiger partial charge in [0.25, 0.3) is 0 Å². The normalized spacial score (nSPS) is 17.0. The van der Waals surface area contributed by atoms with Gasteiger partial charge >= 0.3 is 0 Å².